The standard InChI is InChI=1S/C34H37N3O3/c1-5-30(26-9-7-6-8-10-26)33(38)35-19-21-36(22-20-35)34(39)31-23-32(27-13-17-29(40-4)18-14-27)37(25(31)3)28-15-11-24(2)12-16-28/h6-18,23,30H,5,19-22H2,1-4H3. The highest BCUT2D eigenvalue weighted by Crippen LogP contribution is 2.32. The Morgan fingerprint density at radius 1 is 0.825 bits per heavy atom. The second-order valence-corrected chi connectivity index (χ2v) is 10.4. The first-order chi connectivity index (χ1) is 19.4. The first-order valence-electron chi connectivity index (χ1n) is 14.0. The zero-order valence-electron chi connectivity index (χ0n) is 23.8. The van der Waals surface area contributed by atoms with E-state index in [9.17, 15) is 9.59 Å². The lowest BCUT2D eigenvalue weighted by molar-refractivity contribution is -0.134. The van der Waals surface area contributed by atoms with Crippen LogP contribution in [0.2, 0.25) is 0 Å². The number of nitrogens with zero attached hydrogens (tertiary/aromatic N) is 3. The molecule has 1 aromatic heterocycles. The average Bonchev–Trinajstić information content (AvgIpc) is 3.35. The van der Waals surface area contributed by atoms with Crippen molar-refractivity contribution in [1.29, 1.82) is 0 Å². The van der Waals surface area contributed by atoms with Crippen LogP contribution in [0.3, 0.4) is 0 Å². The average molecular weight is 536 g/mol. The molecule has 206 valence electrons. The van der Waals surface area contributed by atoms with Crippen molar-refractivity contribution in [3.63, 3.8) is 0 Å². The predicted octanol–water partition coefficient (Wildman–Crippen LogP) is 6.25. The zero-order valence-corrected chi connectivity index (χ0v) is 23.8. The maximum Gasteiger partial charge on any atom is 0.255 e. The van der Waals surface area contributed by atoms with Crippen LogP contribution >= 0.6 is 0 Å². The second kappa shape index (κ2) is 11.8. The number of ether oxygens (including phenoxy) is 1. The highest BCUT2D eigenvalue weighted by Gasteiger charge is 2.31. The molecule has 3 aromatic carbocycles. The summed E-state index contributed by atoms with van der Waals surface area (Å²) < 4.78 is 7.51. The van der Waals surface area contributed by atoms with Gasteiger partial charge in [0, 0.05) is 37.6 Å². The quantitative estimate of drug-likeness (QED) is 0.281. The fourth-order valence-corrected chi connectivity index (χ4v) is 5.58. The molecule has 0 radical (unpaired) electrons. The van der Waals surface area contributed by atoms with Crippen LogP contribution in [0.4, 0.5) is 0 Å². The van der Waals surface area contributed by atoms with Gasteiger partial charge in [-0.2, -0.15) is 0 Å². The minimum Gasteiger partial charge on any atom is -0.497 e. The van der Waals surface area contributed by atoms with Gasteiger partial charge < -0.3 is 19.1 Å². The number of carbonyl (C=O) groups excluding carboxylic acids is 2. The molecule has 0 N–H and O–H groups in total. The van der Waals surface area contributed by atoms with Gasteiger partial charge in [-0.15, -0.1) is 0 Å². The molecule has 40 heavy (non-hydrogen) atoms. The van der Waals surface area contributed by atoms with Crippen molar-refractivity contribution in [2.45, 2.75) is 33.1 Å². The lowest BCUT2D eigenvalue weighted by Gasteiger charge is -2.36. The number of aromatic nitrogens is 1. The molecule has 1 aliphatic heterocycles. The Hall–Kier alpha value is -4.32. The monoisotopic (exact) mass is 535 g/mol. The van der Waals surface area contributed by atoms with Crippen molar-refractivity contribution in [2.24, 2.45) is 0 Å². The maximum absolute atomic E-state index is 13.9. The Bertz CT molecular complexity index is 1470. The Morgan fingerprint density at radius 3 is 2.05 bits per heavy atom. The number of piperazine rings is 1. The van der Waals surface area contributed by atoms with E-state index in [0.717, 1.165) is 40.4 Å². The predicted molar refractivity (Wildman–Crippen MR) is 159 cm³/mol. The summed E-state index contributed by atoms with van der Waals surface area (Å²) in [5, 5.41) is 0. The minimum absolute atomic E-state index is 0.000299. The Labute approximate surface area is 236 Å². The van der Waals surface area contributed by atoms with E-state index in [-0.39, 0.29) is 17.7 Å². The summed E-state index contributed by atoms with van der Waals surface area (Å²) in [6.45, 7) is 8.24. The molecule has 4 aromatic rings. The highest BCUT2D eigenvalue weighted by atomic mass is 16.5. The van der Waals surface area contributed by atoms with Crippen LogP contribution in [0, 0.1) is 13.8 Å². The number of carbonyl (C=O) groups is 2. The molecule has 5 rings (SSSR count). The molecule has 0 bridgehead atoms. The minimum atomic E-state index is -0.152. The Morgan fingerprint density at radius 2 is 1.45 bits per heavy atom. The number of amides is 2. The molecule has 1 saturated heterocycles. The van der Waals surface area contributed by atoms with Crippen molar-refractivity contribution in [3.05, 3.63) is 107 Å². The Kier molecular flexibility index (Phi) is 8.06. The summed E-state index contributed by atoms with van der Waals surface area (Å²) in [5.41, 5.74) is 6.78. The lowest BCUT2D eigenvalue weighted by atomic mass is 9.95. The fraction of sp³-hybridized carbons (Fsp3) is 0.294. The van der Waals surface area contributed by atoms with Crippen molar-refractivity contribution < 1.29 is 14.3 Å². The van der Waals surface area contributed by atoms with Gasteiger partial charge in [0.15, 0.2) is 0 Å². The van der Waals surface area contributed by atoms with Crippen molar-refractivity contribution in [3.8, 4) is 22.7 Å². The molecular formula is C34H37N3O3. The van der Waals surface area contributed by atoms with Gasteiger partial charge >= 0.3 is 0 Å². The first-order valence-corrected chi connectivity index (χ1v) is 14.0. The van der Waals surface area contributed by atoms with Gasteiger partial charge in [-0.25, -0.2) is 0 Å². The van der Waals surface area contributed by atoms with Crippen LogP contribution in [0.15, 0.2) is 84.9 Å². The summed E-state index contributed by atoms with van der Waals surface area (Å²) in [7, 11) is 1.66. The van der Waals surface area contributed by atoms with E-state index < -0.39 is 0 Å². The summed E-state index contributed by atoms with van der Waals surface area (Å²) in [5.74, 6) is 0.779. The van der Waals surface area contributed by atoms with Gasteiger partial charge in [-0.05, 0) is 73.9 Å². The number of hydrogen-bond donors (Lipinski definition) is 0. The van der Waals surface area contributed by atoms with Crippen LogP contribution in [0.1, 0.15) is 46.4 Å². The van der Waals surface area contributed by atoms with E-state index in [1.165, 1.54) is 5.56 Å². The molecule has 0 spiro atoms. The number of aryl methyl sites for hydroxylation is 1. The number of methoxy groups -OCH3 is 1. The van der Waals surface area contributed by atoms with E-state index in [0.29, 0.717) is 31.7 Å². The SMILES string of the molecule is CCC(C(=O)N1CCN(C(=O)c2cc(-c3ccc(OC)cc3)n(-c3ccc(C)cc3)c2C)CC1)c1ccccc1. The first kappa shape index (κ1) is 27.3. The fourth-order valence-electron chi connectivity index (χ4n) is 5.58. The topological polar surface area (TPSA) is 54.8 Å². The second-order valence-electron chi connectivity index (χ2n) is 10.4. The molecular weight excluding hydrogens is 498 g/mol. The zero-order chi connectivity index (χ0) is 28.2. The summed E-state index contributed by atoms with van der Waals surface area (Å²) in [6.07, 6.45) is 0.752. The van der Waals surface area contributed by atoms with E-state index >= 15 is 0 Å². The van der Waals surface area contributed by atoms with Gasteiger partial charge in [-0.1, -0.05) is 55.0 Å². The van der Waals surface area contributed by atoms with Gasteiger partial charge in [0.2, 0.25) is 5.91 Å². The molecule has 6 heteroatoms. The molecule has 1 aliphatic rings. The lowest BCUT2D eigenvalue weighted by Crippen LogP contribution is -2.51. The van der Waals surface area contributed by atoms with Crippen molar-refractivity contribution >= 4 is 11.8 Å². The molecule has 1 atom stereocenters. The normalized spacial score (nSPS) is 14.2. The van der Waals surface area contributed by atoms with Crippen molar-refractivity contribution in [1.82, 2.24) is 14.4 Å². The third-order valence-corrected chi connectivity index (χ3v) is 7.94. The van der Waals surface area contributed by atoms with Crippen LogP contribution in [0.5, 0.6) is 5.75 Å². The van der Waals surface area contributed by atoms with E-state index in [1.807, 2.05) is 77.4 Å². The molecule has 2 heterocycles. The highest BCUT2D eigenvalue weighted by molar-refractivity contribution is 5.97. The largest absolute Gasteiger partial charge is 0.497 e. The van der Waals surface area contributed by atoms with Crippen LogP contribution < -0.4 is 4.74 Å². The van der Waals surface area contributed by atoms with E-state index in [2.05, 4.69) is 42.7 Å². The molecule has 1 fully saturated rings. The van der Waals surface area contributed by atoms with Crippen molar-refractivity contribution in [2.75, 3.05) is 33.3 Å². The van der Waals surface area contributed by atoms with Crippen LogP contribution in [0.25, 0.3) is 16.9 Å². The van der Waals surface area contributed by atoms with Gasteiger partial charge in [0.05, 0.1) is 24.3 Å². The Balaban J connectivity index is 1.39. The number of rotatable bonds is 7. The molecule has 6 nitrogen and oxygen atoms in total. The molecule has 0 aliphatic carbocycles. The third kappa shape index (κ3) is 5.39. The molecule has 1 unspecified atom stereocenters. The van der Waals surface area contributed by atoms with E-state index in [1.54, 1.807) is 7.11 Å². The number of benzene rings is 3. The maximum atomic E-state index is 13.9. The van der Waals surface area contributed by atoms with Gasteiger partial charge in [0.25, 0.3) is 5.91 Å². The summed E-state index contributed by atoms with van der Waals surface area (Å²) in [4.78, 5) is 31.0. The molecule has 2 amide bonds. The van der Waals surface area contributed by atoms with Gasteiger partial charge in [0.1, 0.15) is 5.75 Å². The molecule has 0 saturated carbocycles. The number of hydrogen-bond acceptors (Lipinski definition) is 3. The summed E-state index contributed by atoms with van der Waals surface area (Å²) >= 11 is 0. The third-order valence-electron chi connectivity index (χ3n) is 7.94. The summed E-state index contributed by atoms with van der Waals surface area (Å²) in [6, 6.07) is 28.2. The van der Waals surface area contributed by atoms with Crippen LogP contribution in [-0.4, -0.2) is 59.5 Å². The van der Waals surface area contributed by atoms with Crippen LogP contribution in [-0.2, 0) is 4.79 Å². The smallest absolute Gasteiger partial charge is 0.255 e. The van der Waals surface area contributed by atoms with E-state index in [4.69, 9.17) is 4.74 Å². The van der Waals surface area contributed by atoms with Gasteiger partial charge in [-0.3, -0.25) is 9.59 Å².